The highest BCUT2D eigenvalue weighted by molar-refractivity contribution is 5.84. The Morgan fingerprint density at radius 1 is 1.50 bits per heavy atom. The van der Waals surface area contributed by atoms with Crippen molar-refractivity contribution >= 4 is 5.78 Å². The molecule has 1 heterocycles. The zero-order valence-electron chi connectivity index (χ0n) is 10.9. The van der Waals surface area contributed by atoms with Crippen LogP contribution < -0.4 is 10.1 Å². The molecule has 0 aliphatic carbocycles. The lowest BCUT2D eigenvalue weighted by Gasteiger charge is -2.10. The minimum atomic E-state index is 0.0653. The van der Waals surface area contributed by atoms with Gasteiger partial charge in [-0.3, -0.25) is 4.79 Å². The summed E-state index contributed by atoms with van der Waals surface area (Å²) in [6.07, 6.45) is 3.58. The van der Waals surface area contributed by atoms with Crippen molar-refractivity contribution in [3.05, 3.63) is 29.8 Å². The first kappa shape index (κ1) is 13.1. The van der Waals surface area contributed by atoms with Crippen molar-refractivity contribution in [1.29, 1.82) is 0 Å². The summed E-state index contributed by atoms with van der Waals surface area (Å²) in [7, 11) is 0. The molecule has 0 aromatic heterocycles. The van der Waals surface area contributed by atoms with Crippen molar-refractivity contribution in [3.63, 3.8) is 0 Å². The molecule has 1 aromatic rings. The molecule has 3 nitrogen and oxygen atoms in total. The van der Waals surface area contributed by atoms with E-state index in [-0.39, 0.29) is 11.8 Å². The minimum absolute atomic E-state index is 0.0653. The predicted octanol–water partition coefficient (Wildman–Crippen LogP) is 2.34. The molecule has 0 radical (unpaired) electrons. The molecule has 18 heavy (non-hydrogen) atoms. The van der Waals surface area contributed by atoms with Gasteiger partial charge in [-0.25, -0.2) is 0 Å². The van der Waals surface area contributed by atoms with Crippen LogP contribution in [0.2, 0.25) is 0 Å². The van der Waals surface area contributed by atoms with E-state index >= 15 is 0 Å². The zero-order valence-corrected chi connectivity index (χ0v) is 10.9. The third kappa shape index (κ3) is 3.57. The molecule has 1 atom stereocenters. The van der Waals surface area contributed by atoms with Crippen LogP contribution in [0.5, 0.6) is 5.75 Å². The molecular formula is C15H21NO2. The number of hydrogen-bond acceptors (Lipinski definition) is 3. The second kappa shape index (κ2) is 6.55. The van der Waals surface area contributed by atoms with Gasteiger partial charge in [0.05, 0.1) is 12.6 Å². The molecule has 2 rings (SSSR count). The van der Waals surface area contributed by atoms with Crippen molar-refractivity contribution in [3.8, 4) is 5.75 Å². The monoisotopic (exact) mass is 247 g/mol. The van der Waals surface area contributed by atoms with Crippen molar-refractivity contribution in [2.45, 2.75) is 38.6 Å². The molecule has 1 unspecified atom stereocenters. The second-order valence-corrected chi connectivity index (χ2v) is 4.71. The fraction of sp³-hybridized carbons (Fsp3) is 0.533. The topological polar surface area (TPSA) is 38.3 Å². The first-order valence-electron chi connectivity index (χ1n) is 6.77. The highest BCUT2D eigenvalue weighted by atomic mass is 16.5. The fourth-order valence-electron chi connectivity index (χ4n) is 2.26. The smallest absolute Gasteiger partial charge is 0.153 e. The van der Waals surface area contributed by atoms with Crippen molar-refractivity contribution in [2.75, 3.05) is 13.2 Å². The SMILES string of the molecule is CCc1cccc(OCCC(=O)C2CCCN2)c1. The lowest BCUT2D eigenvalue weighted by molar-refractivity contribution is -0.121. The van der Waals surface area contributed by atoms with Gasteiger partial charge in [-0.15, -0.1) is 0 Å². The first-order valence-corrected chi connectivity index (χ1v) is 6.77. The van der Waals surface area contributed by atoms with Crippen LogP contribution in [0, 0.1) is 0 Å². The van der Waals surface area contributed by atoms with E-state index in [9.17, 15) is 4.79 Å². The van der Waals surface area contributed by atoms with Crippen molar-refractivity contribution in [2.24, 2.45) is 0 Å². The van der Waals surface area contributed by atoms with Gasteiger partial charge in [-0.2, -0.15) is 0 Å². The quantitative estimate of drug-likeness (QED) is 0.838. The highest BCUT2D eigenvalue weighted by Crippen LogP contribution is 2.14. The van der Waals surface area contributed by atoms with Gasteiger partial charge in [0.1, 0.15) is 5.75 Å². The van der Waals surface area contributed by atoms with Crippen LogP contribution in [0.3, 0.4) is 0 Å². The summed E-state index contributed by atoms with van der Waals surface area (Å²) in [5, 5.41) is 3.22. The Labute approximate surface area is 109 Å². The summed E-state index contributed by atoms with van der Waals surface area (Å²) < 4.78 is 5.63. The van der Waals surface area contributed by atoms with Gasteiger partial charge in [-0.1, -0.05) is 19.1 Å². The van der Waals surface area contributed by atoms with Crippen LogP contribution in [0.25, 0.3) is 0 Å². The number of aryl methyl sites for hydroxylation is 1. The van der Waals surface area contributed by atoms with E-state index in [0.717, 1.165) is 31.6 Å². The number of benzene rings is 1. The van der Waals surface area contributed by atoms with Gasteiger partial charge in [0, 0.05) is 6.42 Å². The van der Waals surface area contributed by atoms with Crippen LogP contribution in [0.4, 0.5) is 0 Å². The molecular weight excluding hydrogens is 226 g/mol. The number of ketones is 1. The van der Waals surface area contributed by atoms with Crippen LogP contribution in [-0.4, -0.2) is 25.0 Å². The fourth-order valence-corrected chi connectivity index (χ4v) is 2.26. The average molecular weight is 247 g/mol. The lowest BCUT2D eigenvalue weighted by Crippen LogP contribution is -2.31. The number of Topliss-reactive ketones (excluding diaryl/α,β-unsaturated/α-hetero) is 1. The first-order chi connectivity index (χ1) is 8.79. The van der Waals surface area contributed by atoms with Gasteiger partial charge >= 0.3 is 0 Å². The Balaban J connectivity index is 1.75. The van der Waals surface area contributed by atoms with Gasteiger partial charge < -0.3 is 10.1 Å². The summed E-state index contributed by atoms with van der Waals surface area (Å²) in [6, 6.07) is 8.13. The van der Waals surface area contributed by atoms with E-state index in [2.05, 4.69) is 18.3 Å². The van der Waals surface area contributed by atoms with Gasteiger partial charge in [0.15, 0.2) is 5.78 Å². The molecule has 3 heteroatoms. The number of ether oxygens (including phenoxy) is 1. The molecule has 1 N–H and O–H groups in total. The second-order valence-electron chi connectivity index (χ2n) is 4.71. The van der Waals surface area contributed by atoms with E-state index in [1.54, 1.807) is 0 Å². The van der Waals surface area contributed by atoms with E-state index in [0.29, 0.717) is 13.0 Å². The van der Waals surface area contributed by atoms with Crippen LogP contribution in [-0.2, 0) is 11.2 Å². The van der Waals surface area contributed by atoms with Crippen LogP contribution in [0.1, 0.15) is 31.7 Å². The largest absolute Gasteiger partial charge is 0.493 e. The van der Waals surface area contributed by atoms with E-state index in [4.69, 9.17) is 4.74 Å². The number of carbonyl (C=O) groups is 1. The Bertz CT molecular complexity index is 397. The van der Waals surface area contributed by atoms with E-state index < -0.39 is 0 Å². The number of nitrogens with one attached hydrogen (secondary N) is 1. The van der Waals surface area contributed by atoms with Gasteiger partial charge in [0.25, 0.3) is 0 Å². The summed E-state index contributed by atoms with van der Waals surface area (Å²) >= 11 is 0. The maximum absolute atomic E-state index is 11.8. The number of carbonyl (C=O) groups excluding carboxylic acids is 1. The molecule has 1 aliphatic heterocycles. The maximum atomic E-state index is 11.8. The Morgan fingerprint density at radius 3 is 3.11 bits per heavy atom. The van der Waals surface area contributed by atoms with Crippen molar-refractivity contribution in [1.82, 2.24) is 5.32 Å². The summed E-state index contributed by atoms with van der Waals surface area (Å²) in [5.41, 5.74) is 1.26. The lowest BCUT2D eigenvalue weighted by atomic mass is 10.1. The van der Waals surface area contributed by atoms with Crippen molar-refractivity contribution < 1.29 is 9.53 Å². The molecule has 0 amide bonds. The third-order valence-corrected chi connectivity index (χ3v) is 3.37. The normalized spacial score (nSPS) is 18.8. The third-order valence-electron chi connectivity index (χ3n) is 3.37. The van der Waals surface area contributed by atoms with Crippen LogP contribution in [0.15, 0.2) is 24.3 Å². The number of rotatable bonds is 6. The summed E-state index contributed by atoms with van der Waals surface area (Å²) in [6.45, 7) is 3.56. The molecule has 0 bridgehead atoms. The van der Waals surface area contributed by atoms with Gasteiger partial charge in [-0.05, 0) is 43.5 Å². The summed E-state index contributed by atoms with van der Waals surface area (Å²) in [4.78, 5) is 11.8. The standard InChI is InChI=1S/C15H21NO2/c1-2-12-5-3-6-13(11-12)18-10-8-15(17)14-7-4-9-16-14/h3,5-6,11,14,16H,2,4,7-10H2,1H3. The maximum Gasteiger partial charge on any atom is 0.153 e. The van der Waals surface area contributed by atoms with E-state index in [1.165, 1.54) is 5.56 Å². The predicted molar refractivity (Wildman–Crippen MR) is 72.0 cm³/mol. The Kier molecular flexibility index (Phi) is 4.76. The zero-order chi connectivity index (χ0) is 12.8. The highest BCUT2D eigenvalue weighted by Gasteiger charge is 2.21. The average Bonchev–Trinajstić information content (AvgIpc) is 2.93. The summed E-state index contributed by atoms with van der Waals surface area (Å²) in [5.74, 6) is 1.14. The molecule has 0 saturated carbocycles. The Hall–Kier alpha value is -1.35. The Morgan fingerprint density at radius 2 is 2.39 bits per heavy atom. The molecule has 1 aliphatic rings. The minimum Gasteiger partial charge on any atom is -0.493 e. The molecule has 98 valence electrons. The number of hydrogen-bond donors (Lipinski definition) is 1. The van der Waals surface area contributed by atoms with E-state index in [1.807, 2.05) is 18.2 Å². The van der Waals surface area contributed by atoms with Gasteiger partial charge in [0.2, 0.25) is 0 Å². The molecule has 1 saturated heterocycles. The van der Waals surface area contributed by atoms with Crippen LogP contribution >= 0.6 is 0 Å². The molecule has 1 aromatic carbocycles. The molecule has 0 spiro atoms. The molecule has 1 fully saturated rings.